The maximum Gasteiger partial charge on any atom is 0.336 e. The second kappa shape index (κ2) is 33.6. The summed E-state index contributed by atoms with van der Waals surface area (Å²) >= 11 is 0. The normalized spacial score (nSPS) is 34.5. The number of aldehydes is 2. The van der Waals surface area contributed by atoms with Crippen molar-refractivity contribution in [3.8, 4) is 11.5 Å². The molecule has 0 aliphatic carbocycles. The van der Waals surface area contributed by atoms with Gasteiger partial charge in [-0.25, -0.2) is 18.7 Å². The van der Waals surface area contributed by atoms with Crippen LogP contribution >= 0.6 is 15.6 Å². The van der Waals surface area contributed by atoms with Gasteiger partial charge in [0, 0.05) is 61.1 Å². The minimum atomic E-state index is -5.94. The van der Waals surface area contributed by atoms with Gasteiger partial charge in [0.2, 0.25) is 24.4 Å². The van der Waals surface area contributed by atoms with Crippen molar-refractivity contribution in [1.29, 1.82) is 0 Å². The molecule has 5 aromatic rings. The minimum Gasteiger partial charge on any atom is -0.756 e. The zero-order valence-electron chi connectivity index (χ0n) is 52.8. The van der Waals surface area contributed by atoms with Crippen LogP contribution in [0.15, 0.2) is 88.8 Å². The molecule has 42 nitrogen and oxygen atoms in total. The first-order valence-electron chi connectivity index (χ1n) is 30.0. The number of aliphatic hydroxyl groups excluding tert-OH is 13. The van der Waals surface area contributed by atoms with Crippen LogP contribution in [0.3, 0.4) is 0 Å². The van der Waals surface area contributed by atoms with Crippen molar-refractivity contribution in [2.45, 2.75) is 175 Å². The number of aryl methyl sites for hydroxylation is 2. The fourth-order valence-corrected chi connectivity index (χ4v) is 12.9. The van der Waals surface area contributed by atoms with E-state index in [1.165, 1.54) is 38.1 Å². The molecule has 5 saturated heterocycles. The fourth-order valence-electron chi connectivity index (χ4n) is 10.8. The highest BCUT2D eigenvalue weighted by Gasteiger charge is 2.53. The first-order chi connectivity index (χ1) is 47.5. The van der Waals surface area contributed by atoms with Crippen molar-refractivity contribution in [1.82, 2.24) is 20.2 Å². The van der Waals surface area contributed by atoms with E-state index in [0.717, 1.165) is 23.2 Å². The Bertz CT molecular complexity index is 4080. The summed E-state index contributed by atoms with van der Waals surface area (Å²) < 4.78 is 91.0. The summed E-state index contributed by atoms with van der Waals surface area (Å²) in [6, 6.07) is 10.7. The molecule has 10 rings (SSSR count). The van der Waals surface area contributed by atoms with Crippen LogP contribution in [0.1, 0.15) is 31.2 Å². The highest BCUT2D eigenvalue weighted by atomic mass is 31.3. The molecule has 5 fully saturated rings. The lowest BCUT2D eigenvalue weighted by Gasteiger charge is -2.46. The standard InChI is InChI=1S/C24H29NO13.C18H21NO8.C15H22N2O17P2/c1-9-5-16(29)35-13-6-11(3-4-12(9)13)34-23-17(25-10(2)28)19(31)22(15(8-27)37-23)38-24-21(33)20(32)18(30)14(7-26)36-24;1-8-5-14(22)26-12-6-10(3-4-11(8)12)25-18-15(19-9(2)21)17(24)16(23)13(7-20)27-18;18-3-5-8(20)10(22)12(24)14(32-5)33-36(28,29)34-35(26,27)30-4-6-9(21)11(23)13(31-6)17-2-1-7(19)16-15(17)25/h3-7,14-15,17-24,27,30-33H,8H2,1-2H3,(H,25,28);3-6,13,15-18,20,23-24H,7H2,1-2H3,(H,19,21);1-3,5-6,8-14,20-24H,4H2,(H,26,27)(H,28,29)(H,16,19,25)/p-2/t14-,15-,17-,18+,19-,20+,21-,22-,23-,24+;13-,15-,16-,17-,18-;5-,6?,8+,9?,10+,11?,12-,13?,14-/m111/s1. The Hall–Kier alpha value is -7.08. The maximum atomic E-state index is 12.0. The third-order valence-corrected chi connectivity index (χ3v) is 18.4. The van der Waals surface area contributed by atoms with E-state index in [0.29, 0.717) is 21.1 Å². The number of nitrogens with zero attached hydrogens (tertiary/aromatic N) is 1. The highest BCUT2D eigenvalue weighted by molar-refractivity contribution is 7.59. The van der Waals surface area contributed by atoms with Crippen LogP contribution in [0.4, 0.5) is 0 Å². The zero-order valence-corrected chi connectivity index (χ0v) is 54.6. The van der Waals surface area contributed by atoms with Gasteiger partial charge in [-0.05, 0) is 49.2 Å². The van der Waals surface area contributed by atoms with Gasteiger partial charge < -0.3 is 148 Å². The van der Waals surface area contributed by atoms with E-state index in [9.17, 15) is 124 Å². The third kappa shape index (κ3) is 19.0. The van der Waals surface area contributed by atoms with Gasteiger partial charge in [0.05, 0.1) is 19.8 Å². The monoisotopic (exact) mass is 1480 g/mol. The Kier molecular flexibility index (Phi) is 26.5. The molecule has 2 amide bonds. The number of fused-ring (bicyclic) bond motifs is 2. The SMILES string of the molecule is CC(=O)N[C@H]1[C@H](Oc2ccc3c(C)cc(=O)oc3c2)O[C@H](CO)[C@@H](O)[C@@H]1O.CC(=O)N[C@H]1[C@H](Oc2ccc3c(C)cc(=O)oc3c2)O[C@H](CO)[C@@H](O[C@@H]2O[C@H](C=O)[C@H](O)[C@H](O)[C@H]2O)[C@@H]1O.O=C[C@H]1O[C@H](OP(=O)([O-])OP(=O)([O-])OCC2OC(n3ccc(=O)[nH]c3=O)C(O)C2O)[C@H](O)[C@@H](O)[C@H]1O. The molecular formula is C57H70N4O38P2-2. The molecular weight excluding hydrogens is 1410 g/mol. The fraction of sp³-hybridized carbons (Fsp3) is 0.544. The largest absolute Gasteiger partial charge is 0.756 e. The number of phosphoric ester groups is 2. The molecule has 3 aromatic heterocycles. The van der Waals surface area contributed by atoms with Crippen LogP contribution in [0, 0.1) is 13.8 Å². The number of H-pyrrole nitrogens is 1. The molecule has 5 aliphatic rings. The van der Waals surface area contributed by atoms with Crippen LogP contribution in [0.2, 0.25) is 0 Å². The van der Waals surface area contributed by atoms with E-state index in [1.807, 2.05) is 4.98 Å². The van der Waals surface area contributed by atoms with Crippen molar-refractivity contribution in [2.75, 3.05) is 19.8 Å². The number of carbonyl (C=O) groups is 4. The number of aromatic nitrogens is 2. The van der Waals surface area contributed by atoms with Gasteiger partial charge in [0.25, 0.3) is 21.2 Å². The highest BCUT2D eigenvalue weighted by Crippen LogP contribution is 2.57. The number of phosphoric acid groups is 2. The average molecular weight is 1480 g/mol. The molecule has 0 spiro atoms. The van der Waals surface area contributed by atoms with Crippen LogP contribution < -0.4 is 52.4 Å². The Morgan fingerprint density at radius 1 is 0.564 bits per heavy atom. The number of ether oxygens (including phenoxy) is 8. The van der Waals surface area contributed by atoms with Gasteiger partial charge in [0.15, 0.2) is 31.4 Å². The lowest BCUT2D eigenvalue weighted by molar-refractivity contribution is -0.335. The van der Waals surface area contributed by atoms with Crippen LogP contribution in [0.5, 0.6) is 11.5 Å². The Morgan fingerprint density at radius 3 is 1.52 bits per heavy atom. The molecule has 0 radical (unpaired) electrons. The molecule has 26 atom stereocenters. The molecule has 0 saturated carbocycles. The first-order valence-corrected chi connectivity index (χ1v) is 32.9. The molecule has 0 bridgehead atoms. The predicted octanol–water partition coefficient (Wildman–Crippen LogP) is -8.97. The van der Waals surface area contributed by atoms with E-state index in [2.05, 4.69) is 28.7 Å². The number of carbonyl (C=O) groups excluding carboxylic acids is 4. The molecule has 2 aromatic carbocycles. The molecule has 6 unspecified atom stereocenters. The molecule has 101 heavy (non-hydrogen) atoms. The number of benzene rings is 2. The average Bonchev–Trinajstić information content (AvgIpc) is 1.48. The van der Waals surface area contributed by atoms with E-state index in [1.54, 1.807) is 38.1 Å². The first kappa shape index (κ1) is 79.6. The van der Waals surface area contributed by atoms with Crippen molar-refractivity contribution >= 4 is 62.0 Å². The molecule has 8 heterocycles. The molecule has 16 N–H and O–H groups in total. The maximum absolute atomic E-state index is 12.0. The van der Waals surface area contributed by atoms with Crippen molar-refractivity contribution in [3.63, 3.8) is 0 Å². The predicted molar refractivity (Wildman–Crippen MR) is 321 cm³/mol. The molecule has 5 aliphatic heterocycles. The molecule has 558 valence electrons. The Morgan fingerprint density at radius 2 is 1.04 bits per heavy atom. The quantitative estimate of drug-likeness (QED) is 0.0195. The van der Waals surface area contributed by atoms with Gasteiger partial charge in [-0.1, -0.05) is 0 Å². The van der Waals surface area contributed by atoms with E-state index in [-0.39, 0.29) is 29.7 Å². The lowest BCUT2D eigenvalue weighted by atomic mass is 9.95. The summed E-state index contributed by atoms with van der Waals surface area (Å²) in [6.45, 7) is 3.56. The van der Waals surface area contributed by atoms with Crippen LogP contribution in [0.25, 0.3) is 21.9 Å². The second-order valence-electron chi connectivity index (χ2n) is 23.1. The summed E-state index contributed by atoms with van der Waals surface area (Å²) in [5.41, 5.74) is -0.879. The van der Waals surface area contributed by atoms with Crippen molar-refractivity contribution in [2.24, 2.45) is 0 Å². The Balaban J connectivity index is 0.000000195. The number of rotatable bonds is 20. The number of hydrogen-bond acceptors (Lipinski definition) is 38. The van der Waals surface area contributed by atoms with Gasteiger partial charge in [-0.2, -0.15) is 0 Å². The van der Waals surface area contributed by atoms with E-state index >= 15 is 0 Å². The van der Waals surface area contributed by atoms with Gasteiger partial charge in [0.1, 0.15) is 139 Å². The van der Waals surface area contributed by atoms with Gasteiger partial charge >= 0.3 is 16.9 Å². The lowest BCUT2D eigenvalue weighted by Crippen LogP contribution is -2.68. The van der Waals surface area contributed by atoms with Crippen LogP contribution in [-0.4, -0.2) is 261 Å². The Labute approximate surface area is 565 Å². The summed E-state index contributed by atoms with van der Waals surface area (Å²) in [7, 11) is -11.8. The molecule has 44 heteroatoms. The summed E-state index contributed by atoms with van der Waals surface area (Å²) in [5.74, 6) is -0.601. The van der Waals surface area contributed by atoms with E-state index in [4.69, 9.17) is 42.0 Å². The number of amides is 2. The minimum absolute atomic E-state index is 0.0376. The van der Waals surface area contributed by atoms with E-state index < -0.39 is 217 Å². The van der Waals surface area contributed by atoms with Gasteiger partial charge in [-0.3, -0.25) is 37.6 Å². The number of nitrogens with one attached hydrogen (secondary N) is 3. The smallest absolute Gasteiger partial charge is 0.336 e. The third-order valence-electron chi connectivity index (χ3n) is 15.9. The summed E-state index contributed by atoms with van der Waals surface area (Å²) in [4.78, 5) is 118. The second-order valence-corrected chi connectivity index (χ2v) is 26.0. The summed E-state index contributed by atoms with van der Waals surface area (Å²) in [6.07, 6.45) is -35.7. The number of hydrogen-bond donors (Lipinski definition) is 16. The number of aromatic amines is 1. The number of aliphatic hydroxyl groups is 13. The van der Waals surface area contributed by atoms with Crippen LogP contribution in [-0.2, 0) is 70.1 Å². The van der Waals surface area contributed by atoms with Crippen molar-refractivity contribution < 1.29 is 165 Å². The van der Waals surface area contributed by atoms with Gasteiger partial charge in [-0.15, -0.1) is 0 Å². The summed E-state index contributed by atoms with van der Waals surface area (Å²) in [5, 5.41) is 136. The zero-order chi connectivity index (χ0) is 74.4. The van der Waals surface area contributed by atoms with Crippen molar-refractivity contribution in [3.05, 3.63) is 114 Å². The topological polar surface area (TPSA) is 652 Å².